The first-order valence-electron chi connectivity index (χ1n) is 10.1. The summed E-state index contributed by atoms with van der Waals surface area (Å²) in [5, 5.41) is 18.9. The van der Waals surface area contributed by atoms with Crippen molar-refractivity contribution in [2.24, 2.45) is 5.92 Å². The first-order chi connectivity index (χ1) is 12.9. The van der Waals surface area contributed by atoms with Gasteiger partial charge in [-0.3, -0.25) is 9.59 Å². The van der Waals surface area contributed by atoms with E-state index < -0.39 is 0 Å². The number of hydrogen-bond donors (Lipinski definition) is 4. The van der Waals surface area contributed by atoms with E-state index in [-0.39, 0.29) is 23.1 Å². The maximum atomic E-state index is 12.1. The molecular weight excluding hydrogens is 342 g/mol. The van der Waals surface area contributed by atoms with E-state index in [1.807, 2.05) is 0 Å². The van der Waals surface area contributed by atoms with E-state index in [2.05, 4.69) is 22.9 Å². The van der Waals surface area contributed by atoms with Crippen molar-refractivity contribution < 1.29 is 14.7 Å². The molecule has 0 aromatic heterocycles. The van der Waals surface area contributed by atoms with Crippen LogP contribution in [0.2, 0.25) is 0 Å². The average Bonchev–Trinajstić information content (AvgIpc) is 2.64. The molecule has 0 radical (unpaired) electrons. The lowest BCUT2D eigenvalue weighted by molar-refractivity contribution is -0.123. The second-order valence-electron chi connectivity index (χ2n) is 8.32. The van der Waals surface area contributed by atoms with Crippen LogP contribution in [0.15, 0.2) is 24.3 Å². The molecule has 0 unspecified atom stereocenters. The predicted molar refractivity (Wildman–Crippen MR) is 105 cm³/mol. The van der Waals surface area contributed by atoms with Gasteiger partial charge in [0.25, 0.3) is 5.91 Å². The molecule has 0 heterocycles. The lowest BCUT2D eigenvalue weighted by Gasteiger charge is -2.39. The van der Waals surface area contributed by atoms with E-state index >= 15 is 0 Å². The van der Waals surface area contributed by atoms with Crippen LogP contribution in [0.3, 0.4) is 0 Å². The van der Waals surface area contributed by atoms with Crippen LogP contribution < -0.4 is 16.0 Å². The van der Waals surface area contributed by atoms with Crippen molar-refractivity contribution in [3.63, 3.8) is 0 Å². The number of benzene rings is 1. The van der Waals surface area contributed by atoms with Crippen molar-refractivity contribution in [2.45, 2.75) is 63.5 Å². The normalized spacial score (nSPS) is 23.9. The first kappa shape index (κ1) is 19.7. The molecule has 1 aromatic rings. The second-order valence-corrected chi connectivity index (χ2v) is 8.32. The van der Waals surface area contributed by atoms with Crippen LogP contribution >= 0.6 is 0 Å². The minimum Gasteiger partial charge on any atom is -0.508 e. The Labute approximate surface area is 161 Å². The molecule has 0 aliphatic heterocycles. The number of phenols is 1. The maximum Gasteiger partial charge on any atom is 0.251 e. The van der Waals surface area contributed by atoms with Gasteiger partial charge in [0.15, 0.2) is 0 Å². The quantitative estimate of drug-likeness (QED) is 0.590. The van der Waals surface area contributed by atoms with Gasteiger partial charge in [-0.25, -0.2) is 0 Å². The average molecular weight is 373 g/mol. The highest BCUT2D eigenvalue weighted by molar-refractivity contribution is 5.94. The Hall–Kier alpha value is -2.08. The van der Waals surface area contributed by atoms with Gasteiger partial charge in [0.05, 0.1) is 6.54 Å². The third-order valence-electron chi connectivity index (χ3n) is 5.96. The molecule has 0 spiro atoms. The van der Waals surface area contributed by atoms with Gasteiger partial charge in [-0.2, -0.15) is 0 Å². The molecule has 6 heteroatoms. The summed E-state index contributed by atoms with van der Waals surface area (Å²) in [7, 11) is 0. The summed E-state index contributed by atoms with van der Waals surface area (Å²) in [5.74, 6) is 0.515. The lowest BCUT2D eigenvalue weighted by Crippen LogP contribution is -2.53. The number of rotatable bonds is 7. The van der Waals surface area contributed by atoms with Gasteiger partial charge in [0, 0.05) is 23.7 Å². The molecule has 2 saturated carbocycles. The molecule has 1 aromatic carbocycles. The van der Waals surface area contributed by atoms with Crippen molar-refractivity contribution in [3.8, 4) is 5.75 Å². The summed E-state index contributed by atoms with van der Waals surface area (Å²) in [6.45, 7) is 3.16. The molecule has 148 valence electrons. The second kappa shape index (κ2) is 8.74. The zero-order valence-corrected chi connectivity index (χ0v) is 16.1. The molecule has 0 atom stereocenters. The fraction of sp³-hybridized carbons (Fsp3) is 0.619. The van der Waals surface area contributed by atoms with E-state index in [9.17, 15) is 14.7 Å². The van der Waals surface area contributed by atoms with Gasteiger partial charge in [-0.1, -0.05) is 6.07 Å². The number of phenolic OH excluding ortho intramolecular Hbond substituents is 1. The molecular formula is C21H31N3O3. The van der Waals surface area contributed by atoms with Crippen LogP contribution in [0, 0.1) is 5.92 Å². The summed E-state index contributed by atoms with van der Waals surface area (Å²) >= 11 is 0. The highest BCUT2D eigenvalue weighted by Gasteiger charge is 2.33. The zero-order chi connectivity index (χ0) is 19.3. The third kappa shape index (κ3) is 5.70. The largest absolute Gasteiger partial charge is 0.508 e. The Balaban J connectivity index is 1.32. The van der Waals surface area contributed by atoms with Gasteiger partial charge >= 0.3 is 0 Å². The number of nitrogens with one attached hydrogen (secondary N) is 3. The van der Waals surface area contributed by atoms with Crippen LogP contribution in [-0.4, -0.2) is 41.6 Å². The molecule has 2 aliphatic carbocycles. The minimum atomic E-state index is -0.146. The number of aromatic hydroxyl groups is 1. The fourth-order valence-corrected chi connectivity index (χ4v) is 4.01. The molecule has 27 heavy (non-hydrogen) atoms. The van der Waals surface area contributed by atoms with Gasteiger partial charge in [-0.05, 0) is 76.0 Å². The molecule has 2 aliphatic rings. The number of amides is 2. The molecule has 6 nitrogen and oxygen atoms in total. The van der Waals surface area contributed by atoms with Gasteiger partial charge in [0.1, 0.15) is 5.75 Å². The zero-order valence-electron chi connectivity index (χ0n) is 16.1. The monoisotopic (exact) mass is 373 g/mol. The third-order valence-corrected chi connectivity index (χ3v) is 5.96. The summed E-state index contributed by atoms with van der Waals surface area (Å²) in [6.07, 6.45) is 7.50. The van der Waals surface area contributed by atoms with E-state index in [1.54, 1.807) is 18.2 Å². The minimum absolute atomic E-state index is 0.0180. The standard InChI is InChI=1S/C21H31N3O3/c1-21(10-3-11-21)24-19(26)14-22-17-8-6-15(7-9-17)13-23-20(27)16-4-2-5-18(25)12-16/h2,4-5,12,15,17,22,25H,3,6-11,13-14H2,1H3,(H,23,27)(H,24,26). The Morgan fingerprint density at radius 3 is 2.56 bits per heavy atom. The lowest BCUT2D eigenvalue weighted by atomic mass is 9.78. The van der Waals surface area contributed by atoms with E-state index in [0.29, 0.717) is 30.6 Å². The fourth-order valence-electron chi connectivity index (χ4n) is 4.01. The van der Waals surface area contributed by atoms with Gasteiger partial charge in [0.2, 0.25) is 5.91 Å². The molecule has 3 rings (SSSR count). The Morgan fingerprint density at radius 2 is 1.93 bits per heavy atom. The number of carbonyl (C=O) groups is 2. The summed E-state index contributed by atoms with van der Waals surface area (Å²) < 4.78 is 0. The van der Waals surface area contributed by atoms with Crippen LogP contribution in [0.25, 0.3) is 0 Å². The Bertz CT molecular complexity index is 664. The summed E-state index contributed by atoms with van der Waals surface area (Å²) in [5.41, 5.74) is 0.501. The highest BCUT2D eigenvalue weighted by atomic mass is 16.3. The molecule has 2 fully saturated rings. The Kier molecular flexibility index (Phi) is 6.37. The van der Waals surface area contributed by atoms with E-state index in [0.717, 1.165) is 38.5 Å². The number of carbonyl (C=O) groups excluding carboxylic acids is 2. The smallest absolute Gasteiger partial charge is 0.251 e. The van der Waals surface area contributed by atoms with E-state index in [4.69, 9.17) is 0 Å². The topological polar surface area (TPSA) is 90.5 Å². The molecule has 4 N–H and O–H groups in total. The van der Waals surface area contributed by atoms with Crippen LogP contribution in [-0.2, 0) is 4.79 Å². The molecule has 2 amide bonds. The maximum absolute atomic E-state index is 12.1. The summed E-state index contributed by atoms with van der Waals surface area (Å²) in [6, 6.07) is 6.78. The highest BCUT2D eigenvalue weighted by Crippen LogP contribution is 2.30. The van der Waals surface area contributed by atoms with Crippen molar-refractivity contribution >= 4 is 11.8 Å². The first-order valence-corrected chi connectivity index (χ1v) is 10.1. The van der Waals surface area contributed by atoms with Crippen molar-refractivity contribution in [2.75, 3.05) is 13.1 Å². The van der Waals surface area contributed by atoms with Crippen LogP contribution in [0.5, 0.6) is 5.75 Å². The van der Waals surface area contributed by atoms with Crippen molar-refractivity contribution in [1.82, 2.24) is 16.0 Å². The van der Waals surface area contributed by atoms with Crippen LogP contribution in [0.4, 0.5) is 0 Å². The van der Waals surface area contributed by atoms with E-state index in [1.165, 1.54) is 12.5 Å². The van der Waals surface area contributed by atoms with Gasteiger partial charge in [-0.15, -0.1) is 0 Å². The summed E-state index contributed by atoms with van der Waals surface area (Å²) in [4.78, 5) is 24.2. The van der Waals surface area contributed by atoms with Crippen molar-refractivity contribution in [1.29, 1.82) is 0 Å². The predicted octanol–water partition coefficient (Wildman–Crippen LogP) is 2.33. The SMILES string of the molecule is CC1(NC(=O)CNC2CCC(CNC(=O)c3cccc(O)c3)CC2)CCC1. The molecule has 0 bridgehead atoms. The van der Waals surface area contributed by atoms with Crippen LogP contribution in [0.1, 0.15) is 62.2 Å². The van der Waals surface area contributed by atoms with Crippen molar-refractivity contribution in [3.05, 3.63) is 29.8 Å². The Morgan fingerprint density at radius 1 is 1.19 bits per heavy atom. The molecule has 0 saturated heterocycles. The van der Waals surface area contributed by atoms with Gasteiger partial charge < -0.3 is 21.1 Å². The number of hydrogen-bond acceptors (Lipinski definition) is 4.